The molecule has 0 saturated carbocycles. The maximum absolute atomic E-state index is 13.1. The third kappa shape index (κ3) is 3.85. The van der Waals surface area contributed by atoms with Crippen molar-refractivity contribution in [1.82, 2.24) is 9.97 Å². The van der Waals surface area contributed by atoms with E-state index in [1.807, 2.05) is 0 Å². The van der Waals surface area contributed by atoms with E-state index >= 15 is 0 Å². The minimum Gasteiger partial charge on any atom is -0.436 e. The van der Waals surface area contributed by atoms with Gasteiger partial charge in [0.1, 0.15) is 5.35 Å². The molecule has 0 spiro atoms. The topological polar surface area (TPSA) is 51.3 Å². The molecule has 2 heterocycles. The molecule has 0 aliphatic rings. The van der Waals surface area contributed by atoms with Crippen LogP contribution in [0.5, 0.6) is 0 Å². The zero-order chi connectivity index (χ0) is 18.0. The standard InChI is InChI=1S/C17H12F3N3OS/c1-10(22-16-21-7-8-25-16)9-14-11(2)23-15(24-14)12-5-3-4-6-13(12)17(18,19)20/h3-9H,2H2,1H3/b14-9-,22-10?. The molecule has 0 saturated heterocycles. The van der Waals surface area contributed by atoms with Crippen LogP contribution in [0.2, 0.25) is 0 Å². The lowest BCUT2D eigenvalue weighted by Gasteiger charge is -2.09. The molecular formula is C17H12F3N3OS. The van der Waals surface area contributed by atoms with E-state index in [9.17, 15) is 13.2 Å². The highest BCUT2D eigenvalue weighted by Crippen LogP contribution is 2.35. The Kier molecular flexibility index (Phi) is 4.54. The van der Waals surface area contributed by atoms with Crippen LogP contribution in [0.25, 0.3) is 24.1 Å². The predicted molar refractivity (Wildman–Crippen MR) is 91.1 cm³/mol. The van der Waals surface area contributed by atoms with E-state index in [1.165, 1.54) is 29.5 Å². The largest absolute Gasteiger partial charge is 0.436 e. The Hall–Kier alpha value is -2.74. The van der Waals surface area contributed by atoms with Crippen LogP contribution in [0.1, 0.15) is 12.5 Å². The van der Waals surface area contributed by atoms with E-state index in [0.717, 1.165) is 6.07 Å². The molecule has 0 aliphatic heterocycles. The SMILES string of the molecule is C=c1nc(-c2ccccc2C(F)(F)F)o/c1=C\C(C)=Nc1nccs1. The number of nitrogens with zero attached hydrogens (tertiary/aromatic N) is 3. The Labute approximate surface area is 144 Å². The summed E-state index contributed by atoms with van der Waals surface area (Å²) in [5.41, 5.74) is -0.110. The van der Waals surface area contributed by atoms with E-state index in [2.05, 4.69) is 21.5 Å². The minimum absolute atomic E-state index is 0.130. The summed E-state index contributed by atoms with van der Waals surface area (Å²) in [7, 11) is 0. The Bertz CT molecular complexity index is 1020. The van der Waals surface area contributed by atoms with Crippen molar-refractivity contribution < 1.29 is 17.6 Å². The van der Waals surface area contributed by atoms with Gasteiger partial charge in [-0.3, -0.25) is 0 Å². The molecule has 0 atom stereocenters. The summed E-state index contributed by atoms with van der Waals surface area (Å²) in [4.78, 5) is 12.3. The molecule has 0 N–H and O–H groups in total. The molecule has 0 unspecified atom stereocenters. The maximum Gasteiger partial charge on any atom is 0.417 e. The average Bonchev–Trinajstić information content (AvgIpc) is 3.17. The molecule has 25 heavy (non-hydrogen) atoms. The van der Waals surface area contributed by atoms with Crippen LogP contribution in [0.3, 0.4) is 0 Å². The first kappa shape index (κ1) is 17.1. The lowest BCUT2D eigenvalue weighted by Crippen LogP contribution is -2.21. The van der Waals surface area contributed by atoms with Gasteiger partial charge in [0.05, 0.1) is 5.56 Å². The third-order valence-electron chi connectivity index (χ3n) is 3.22. The van der Waals surface area contributed by atoms with Gasteiger partial charge in [-0.15, -0.1) is 11.3 Å². The van der Waals surface area contributed by atoms with Gasteiger partial charge in [-0.25, -0.2) is 15.0 Å². The second kappa shape index (κ2) is 6.64. The Balaban J connectivity index is 2.05. The number of aliphatic imine (C=N–C) groups is 1. The first-order valence-corrected chi connectivity index (χ1v) is 8.01. The van der Waals surface area contributed by atoms with Gasteiger partial charge in [0, 0.05) is 28.9 Å². The van der Waals surface area contributed by atoms with Crippen molar-refractivity contribution in [3.8, 4) is 11.5 Å². The Morgan fingerprint density at radius 3 is 2.76 bits per heavy atom. The first-order chi connectivity index (χ1) is 11.8. The van der Waals surface area contributed by atoms with Crippen LogP contribution < -0.4 is 10.8 Å². The fraction of sp³-hybridized carbons (Fsp3) is 0.118. The molecule has 3 rings (SSSR count). The molecule has 3 aromatic rings. The summed E-state index contributed by atoms with van der Waals surface area (Å²) in [5, 5.41) is 2.60. The van der Waals surface area contributed by atoms with Gasteiger partial charge in [-0.1, -0.05) is 18.7 Å². The van der Waals surface area contributed by atoms with Crippen LogP contribution in [0, 0.1) is 0 Å². The lowest BCUT2D eigenvalue weighted by molar-refractivity contribution is -0.137. The van der Waals surface area contributed by atoms with Crippen molar-refractivity contribution >= 4 is 34.8 Å². The summed E-state index contributed by atoms with van der Waals surface area (Å²) >= 11 is 1.37. The molecule has 8 heteroatoms. The Morgan fingerprint density at radius 1 is 1.32 bits per heavy atom. The second-order valence-electron chi connectivity index (χ2n) is 5.09. The number of hydrogen-bond donors (Lipinski definition) is 0. The predicted octanol–water partition coefficient (Wildman–Crippen LogP) is 3.80. The number of oxazole rings is 1. The minimum atomic E-state index is -4.50. The maximum atomic E-state index is 13.1. The van der Waals surface area contributed by atoms with Gasteiger partial charge in [-0.2, -0.15) is 13.2 Å². The third-order valence-corrected chi connectivity index (χ3v) is 3.89. The number of alkyl halides is 3. The molecule has 1 aromatic carbocycles. The number of halogens is 3. The van der Waals surface area contributed by atoms with Crippen molar-refractivity contribution in [2.45, 2.75) is 13.1 Å². The van der Waals surface area contributed by atoms with Gasteiger partial charge in [0.25, 0.3) is 0 Å². The molecule has 0 aliphatic carbocycles. The van der Waals surface area contributed by atoms with Crippen molar-refractivity contribution in [2.75, 3.05) is 0 Å². The lowest BCUT2D eigenvalue weighted by atomic mass is 10.1. The highest BCUT2D eigenvalue weighted by molar-refractivity contribution is 7.13. The summed E-state index contributed by atoms with van der Waals surface area (Å²) in [6.45, 7) is 5.45. The fourth-order valence-electron chi connectivity index (χ4n) is 2.15. The van der Waals surface area contributed by atoms with Crippen molar-refractivity contribution in [2.24, 2.45) is 4.99 Å². The van der Waals surface area contributed by atoms with Crippen molar-refractivity contribution in [1.29, 1.82) is 0 Å². The molecular weight excluding hydrogens is 351 g/mol. The summed E-state index contributed by atoms with van der Waals surface area (Å²) in [6.07, 6.45) is -1.31. The average molecular weight is 363 g/mol. The number of hydrogen-bond acceptors (Lipinski definition) is 5. The first-order valence-electron chi connectivity index (χ1n) is 7.13. The molecule has 4 nitrogen and oxygen atoms in total. The number of rotatable bonds is 3. The van der Waals surface area contributed by atoms with Gasteiger partial charge >= 0.3 is 6.18 Å². The van der Waals surface area contributed by atoms with Gasteiger partial charge in [0.15, 0.2) is 5.42 Å². The van der Waals surface area contributed by atoms with Crippen LogP contribution in [0.4, 0.5) is 18.3 Å². The van der Waals surface area contributed by atoms with E-state index in [1.54, 1.807) is 24.6 Å². The monoisotopic (exact) mass is 363 g/mol. The van der Waals surface area contributed by atoms with Gasteiger partial charge < -0.3 is 4.42 Å². The normalized spacial score (nSPS) is 13.4. The summed E-state index contributed by atoms with van der Waals surface area (Å²) in [5.74, 6) is -0.133. The van der Waals surface area contributed by atoms with E-state index in [0.29, 0.717) is 10.8 Å². The number of aromatic nitrogens is 2. The van der Waals surface area contributed by atoms with Crippen molar-refractivity contribution in [3.05, 3.63) is 52.2 Å². The molecule has 0 radical (unpaired) electrons. The van der Waals surface area contributed by atoms with E-state index in [-0.39, 0.29) is 22.2 Å². The molecule has 128 valence electrons. The van der Waals surface area contributed by atoms with Crippen LogP contribution in [-0.2, 0) is 6.18 Å². The molecule has 0 bridgehead atoms. The summed E-state index contributed by atoms with van der Waals surface area (Å²) < 4.78 is 44.9. The quantitative estimate of drug-likeness (QED) is 0.665. The van der Waals surface area contributed by atoms with E-state index in [4.69, 9.17) is 4.42 Å². The van der Waals surface area contributed by atoms with Gasteiger partial charge in [-0.05, 0) is 19.1 Å². The van der Waals surface area contributed by atoms with Crippen LogP contribution >= 0.6 is 11.3 Å². The fourth-order valence-corrected chi connectivity index (χ4v) is 2.71. The zero-order valence-corrected chi connectivity index (χ0v) is 13.9. The molecule has 2 aromatic heterocycles. The van der Waals surface area contributed by atoms with Crippen LogP contribution in [-0.4, -0.2) is 15.7 Å². The molecule has 0 amide bonds. The second-order valence-corrected chi connectivity index (χ2v) is 5.96. The van der Waals surface area contributed by atoms with Crippen molar-refractivity contribution in [3.63, 3.8) is 0 Å². The summed E-state index contributed by atoms with van der Waals surface area (Å²) in [6, 6.07) is 5.11. The van der Waals surface area contributed by atoms with E-state index < -0.39 is 11.7 Å². The highest BCUT2D eigenvalue weighted by atomic mass is 32.1. The molecule has 0 fully saturated rings. The van der Waals surface area contributed by atoms with Gasteiger partial charge in [0.2, 0.25) is 11.0 Å². The zero-order valence-electron chi connectivity index (χ0n) is 13.0. The smallest absolute Gasteiger partial charge is 0.417 e. The number of thiazole rings is 1. The Morgan fingerprint density at radius 2 is 2.08 bits per heavy atom. The highest BCUT2D eigenvalue weighted by Gasteiger charge is 2.34. The number of benzene rings is 1. The van der Waals surface area contributed by atoms with Crippen LogP contribution in [0.15, 0.2) is 45.3 Å².